The second-order valence-corrected chi connectivity index (χ2v) is 4.11. The minimum atomic E-state index is -1.05. The van der Waals surface area contributed by atoms with Gasteiger partial charge in [0.25, 0.3) is 0 Å². The molecule has 1 aromatic rings. The molecule has 0 unspecified atom stereocenters. The van der Waals surface area contributed by atoms with Crippen molar-refractivity contribution in [3.8, 4) is 0 Å². The number of oxime groups is 1. The Labute approximate surface area is 99.5 Å². The highest BCUT2D eigenvalue weighted by atomic mass is 16.4. The molecule has 0 fully saturated rings. The number of nitrogens with one attached hydrogen (secondary N) is 1. The van der Waals surface area contributed by atoms with Crippen LogP contribution in [0.15, 0.2) is 29.6 Å². The van der Waals surface area contributed by atoms with Gasteiger partial charge in [0.2, 0.25) is 5.91 Å². The first kappa shape index (κ1) is 13.0. The summed E-state index contributed by atoms with van der Waals surface area (Å²) >= 11 is 0. The molecule has 0 saturated carbocycles. The summed E-state index contributed by atoms with van der Waals surface area (Å²) in [6, 6.07) is 5.44. The Morgan fingerprint density at radius 1 is 1.59 bits per heavy atom. The van der Waals surface area contributed by atoms with Gasteiger partial charge in [-0.2, -0.15) is 0 Å². The standard InChI is InChI=1S/C11H16N4O2/c1-11(2,9(12)15-17)10(16)14-7-8-5-3-4-6-13-8/h3-6,17H,7H2,1-2H3,(H2,12,15)(H,14,16). The van der Waals surface area contributed by atoms with Crippen LogP contribution < -0.4 is 11.1 Å². The molecule has 0 saturated heterocycles. The van der Waals surface area contributed by atoms with Crippen LogP contribution in [-0.4, -0.2) is 21.9 Å². The predicted molar refractivity (Wildman–Crippen MR) is 63.3 cm³/mol. The molecule has 0 spiro atoms. The second-order valence-electron chi connectivity index (χ2n) is 4.11. The van der Waals surface area contributed by atoms with E-state index in [9.17, 15) is 4.79 Å². The average Bonchev–Trinajstić information content (AvgIpc) is 2.35. The first-order valence-electron chi connectivity index (χ1n) is 5.14. The molecule has 0 aliphatic rings. The summed E-state index contributed by atoms with van der Waals surface area (Å²) in [5, 5.41) is 14.1. The first-order valence-corrected chi connectivity index (χ1v) is 5.14. The number of amides is 1. The van der Waals surface area contributed by atoms with Gasteiger partial charge in [-0.25, -0.2) is 0 Å². The maximum atomic E-state index is 11.8. The molecule has 1 heterocycles. The summed E-state index contributed by atoms with van der Waals surface area (Å²) in [6.45, 7) is 3.47. The Morgan fingerprint density at radius 3 is 2.82 bits per heavy atom. The smallest absolute Gasteiger partial charge is 0.233 e. The number of amidine groups is 1. The van der Waals surface area contributed by atoms with Gasteiger partial charge < -0.3 is 16.3 Å². The van der Waals surface area contributed by atoms with Gasteiger partial charge in [-0.05, 0) is 26.0 Å². The molecule has 92 valence electrons. The van der Waals surface area contributed by atoms with Crippen LogP contribution in [0.2, 0.25) is 0 Å². The lowest BCUT2D eigenvalue weighted by molar-refractivity contribution is -0.126. The largest absolute Gasteiger partial charge is 0.409 e. The van der Waals surface area contributed by atoms with Crippen LogP contribution in [0.5, 0.6) is 0 Å². The van der Waals surface area contributed by atoms with Crippen molar-refractivity contribution >= 4 is 11.7 Å². The number of aromatic nitrogens is 1. The van der Waals surface area contributed by atoms with E-state index in [1.54, 1.807) is 32.2 Å². The van der Waals surface area contributed by atoms with E-state index in [1.165, 1.54) is 0 Å². The number of nitrogens with zero attached hydrogens (tertiary/aromatic N) is 2. The van der Waals surface area contributed by atoms with Gasteiger partial charge in [0, 0.05) is 6.20 Å². The molecule has 1 aromatic heterocycles. The van der Waals surface area contributed by atoms with E-state index >= 15 is 0 Å². The van der Waals surface area contributed by atoms with Gasteiger partial charge in [0.1, 0.15) is 5.41 Å². The zero-order valence-corrected chi connectivity index (χ0v) is 9.84. The molecule has 4 N–H and O–H groups in total. The second kappa shape index (κ2) is 5.29. The number of carbonyl (C=O) groups excluding carboxylic acids is 1. The third kappa shape index (κ3) is 3.17. The molecular weight excluding hydrogens is 220 g/mol. The topological polar surface area (TPSA) is 101 Å². The quantitative estimate of drug-likeness (QED) is 0.306. The molecule has 0 radical (unpaired) electrons. The molecule has 0 aliphatic carbocycles. The molecule has 1 amide bonds. The number of rotatable bonds is 4. The van der Waals surface area contributed by atoms with E-state index in [0.717, 1.165) is 5.69 Å². The van der Waals surface area contributed by atoms with Crippen LogP contribution in [0.1, 0.15) is 19.5 Å². The molecule has 6 nitrogen and oxygen atoms in total. The summed E-state index contributed by atoms with van der Waals surface area (Å²) in [5.41, 5.74) is 5.14. The highest BCUT2D eigenvalue weighted by molar-refractivity contribution is 6.05. The van der Waals surface area contributed by atoms with Crippen LogP contribution in [0.25, 0.3) is 0 Å². The number of carbonyl (C=O) groups is 1. The molecule has 0 aliphatic heterocycles. The number of hydrogen-bond acceptors (Lipinski definition) is 4. The third-order valence-corrected chi connectivity index (χ3v) is 2.47. The molecule has 0 aromatic carbocycles. The summed E-state index contributed by atoms with van der Waals surface area (Å²) in [6.07, 6.45) is 1.65. The SMILES string of the molecule is CC(C)(C(=O)NCc1ccccn1)C(N)=NO. The van der Waals surface area contributed by atoms with Gasteiger partial charge in [-0.15, -0.1) is 0 Å². The van der Waals surface area contributed by atoms with Crippen LogP contribution in [0, 0.1) is 5.41 Å². The maximum absolute atomic E-state index is 11.8. The lowest BCUT2D eigenvalue weighted by Gasteiger charge is -2.21. The zero-order valence-electron chi connectivity index (χ0n) is 9.84. The number of hydrogen-bond donors (Lipinski definition) is 3. The van der Waals surface area contributed by atoms with Crippen molar-refractivity contribution in [3.05, 3.63) is 30.1 Å². The molecule has 0 atom stereocenters. The van der Waals surface area contributed by atoms with Crippen molar-refractivity contribution < 1.29 is 10.0 Å². The van der Waals surface area contributed by atoms with E-state index in [2.05, 4.69) is 15.5 Å². The Kier molecular flexibility index (Phi) is 4.03. The van der Waals surface area contributed by atoms with Crippen LogP contribution >= 0.6 is 0 Å². The zero-order chi connectivity index (χ0) is 12.9. The molecular formula is C11H16N4O2. The summed E-state index contributed by atoms with van der Waals surface area (Å²) < 4.78 is 0. The summed E-state index contributed by atoms with van der Waals surface area (Å²) in [5.74, 6) is -0.450. The lowest BCUT2D eigenvalue weighted by atomic mass is 9.91. The Bertz CT molecular complexity index is 415. The Balaban J connectivity index is 2.62. The van der Waals surface area contributed by atoms with E-state index in [-0.39, 0.29) is 11.7 Å². The summed E-state index contributed by atoms with van der Waals surface area (Å²) in [7, 11) is 0. The van der Waals surface area contributed by atoms with Gasteiger partial charge in [-0.3, -0.25) is 9.78 Å². The van der Waals surface area contributed by atoms with Crippen molar-refractivity contribution in [3.63, 3.8) is 0 Å². The van der Waals surface area contributed by atoms with Crippen LogP contribution in [0.4, 0.5) is 0 Å². The maximum Gasteiger partial charge on any atom is 0.233 e. The van der Waals surface area contributed by atoms with Crippen molar-refractivity contribution in [2.45, 2.75) is 20.4 Å². The first-order chi connectivity index (χ1) is 7.98. The van der Waals surface area contributed by atoms with Gasteiger partial charge in [0.15, 0.2) is 5.84 Å². The highest BCUT2D eigenvalue weighted by Crippen LogP contribution is 2.15. The van der Waals surface area contributed by atoms with E-state index < -0.39 is 5.41 Å². The summed E-state index contributed by atoms with van der Waals surface area (Å²) in [4.78, 5) is 15.9. The minimum absolute atomic E-state index is 0.129. The lowest BCUT2D eigenvalue weighted by Crippen LogP contribution is -2.45. The van der Waals surface area contributed by atoms with E-state index in [1.807, 2.05) is 6.07 Å². The minimum Gasteiger partial charge on any atom is -0.409 e. The fourth-order valence-electron chi connectivity index (χ4n) is 1.14. The van der Waals surface area contributed by atoms with E-state index in [4.69, 9.17) is 10.9 Å². The molecule has 6 heteroatoms. The number of pyridine rings is 1. The fraction of sp³-hybridized carbons (Fsp3) is 0.364. The third-order valence-electron chi connectivity index (χ3n) is 2.47. The fourth-order valence-corrected chi connectivity index (χ4v) is 1.14. The van der Waals surface area contributed by atoms with Crippen molar-refractivity contribution in [2.75, 3.05) is 0 Å². The van der Waals surface area contributed by atoms with Crippen LogP contribution in [0.3, 0.4) is 0 Å². The Morgan fingerprint density at radius 2 is 2.29 bits per heavy atom. The predicted octanol–water partition coefficient (Wildman–Crippen LogP) is 0.470. The molecule has 17 heavy (non-hydrogen) atoms. The normalized spacial score (nSPS) is 12.2. The molecule has 0 bridgehead atoms. The monoisotopic (exact) mass is 236 g/mol. The highest BCUT2D eigenvalue weighted by Gasteiger charge is 2.32. The van der Waals surface area contributed by atoms with Gasteiger partial charge >= 0.3 is 0 Å². The van der Waals surface area contributed by atoms with Crippen LogP contribution in [-0.2, 0) is 11.3 Å². The Hall–Kier alpha value is -2.11. The van der Waals surface area contributed by atoms with Crippen molar-refractivity contribution in [1.82, 2.24) is 10.3 Å². The van der Waals surface area contributed by atoms with Gasteiger partial charge in [0.05, 0.1) is 12.2 Å². The van der Waals surface area contributed by atoms with E-state index in [0.29, 0.717) is 6.54 Å². The van der Waals surface area contributed by atoms with Gasteiger partial charge in [-0.1, -0.05) is 11.2 Å². The number of nitrogens with two attached hydrogens (primary N) is 1. The van der Waals surface area contributed by atoms with Crippen molar-refractivity contribution in [1.29, 1.82) is 0 Å². The average molecular weight is 236 g/mol. The molecule has 1 rings (SSSR count). The van der Waals surface area contributed by atoms with Crippen molar-refractivity contribution in [2.24, 2.45) is 16.3 Å².